The zero-order chi connectivity index (χ0) is 12.4. The minimum absolute atomic E-state index is 0.831. The van der Waals surface area contributed by atoms with Gasteiger partial charge in [-0.3, -0.25) is 4.90 Å². The Labute approximate surface area is 110 Å². The number of benzene rings is 1. The smallest absolute Gasteiger partial charge is 0.0239 e. The maximum Gasteiger partial charge on any atom is 0.0239 e. The van der Waals surface area contributed by atoms with Crippen molar-refractivity contribution in [2.75, 3.05) is 19.6 Å². The lowest BCUT2D eigenvalue weighted by atomic mass is 9.77. The van der Waals surface area contributed by atoms with Crippen molar-refractivity contribution < 1.29 is 0 Å². The Balaban J connectivity index is 1.62. The topological polar surface area (TPSA) is 15.3 Å². The average molecular weight is 244 g/mol. The van der Waals surface area contributed by atoms with Crippen molar-refractivity contribution in [2.45, 2.75) is 38.8 Å². The Morgan fingerprint density at radius 2 is 2.06 bits per heavy atom. The molecule has 1 fully saturated rings. The first-order valence-corrected chi connectivity index (χ1v) is 7.40. The molecule has 18 heavy (non-hydrogen) atoms. The molecular formula is C16H24N2. The van der Waals surface area contributed by atoms with E-state index in [1.807, 2.05) is 0 Å². The summed E-state index contributed by atoms with van der Waals surface area (Å²) in [6, 6.07) is 9.78. The standard InChI is InChI=1S/C16H24N2/c1-2-17-11-14-7-8-16(14)18-10-9-13-5-3-4-6-15(13)12-18/h3-6,14,16-17H,2,7-12H2,1H3. The van der Waals surface area contributed by atoms with Crippen molar-refractivity contribution in [3.8, 4) is 0 Å². The molecule has 2 nitrogen and oxygen atoms in total. The molecule has 1 saturated carbocycles. The van der Waals surface area contributed by atoms with Crippen LogP contribution in [0.4, 0.5) is 0 Å². The number of hydrogen-bond donors (Lipinski definition) is 1. The molecule has 1 heterocycles. The monoisotopic (exact) mass is 244 g/mol. The van der Waals surface area contributed by atoms with Crippen molar-refractivity contribution in [2.24, 2.45) is 5.92 Å². The second-order valence-corrected chi connectivity index (χ2v) is 5.70. The van der Waals surface area contributed by atoms with Crippen molar-refractivity contribution in [3.63, 3.8) is 0 Å². The number of nitrogens with zero attached hydrogens (tertiary/aromatic N) is 1. The van der Waals surface area contributed by atoms with Gasteiger partial charge in [0.1, 0.15) is 0 Å². The Morgan fingerprint density at radius 3 is 2.78 bits per heavy atom. The van der Waals surface area contributed by atoms with Crippen LogP contribution in [0.25, 0.3) is 0 Å². The van der Waals surface area contributed by atoms with Crippen LogP contribution >= 0.6 is 0 Å². The molecule has 1 aromatic rings. The Kier molecular flexibility index (Phi) is 3.67. The molecule has 2 heteroatoms. The second kappa shape index (κ2) is 5.41. The maximum atomic E-state index is 3.51. The minimum Gasteiger partial charge on any atom is -0.317 e. The van der Waals surface area contributed by atoms with Crippen molar-refractivity contribution in [1.29, 1.82) is 0 Å². The van der Waals surface area contributed by atoms with Gasteiger partial charge in [-0.1, -0.05) is 31.2 Å². The lowest BCUT2D eigenvalue weighted by Crippen LogP contribution is -2.51. The van der Waals surface area contributed by atoms with Gasteiger partial charge in [-0.15, -0.1) is 0 Å². The minimum atomic E-state index is 0.831. The first-order valence-electron chi connectivity index (χ1n) is 7.40. The van der Waals surface area contributed by atoms with Gasteiger partial charge in [0, 0.05) is 19.1 Å². The zero-order valence-electron chi connectivity index (χ0n) is 11.4. The van der Waals surface area contributed by atoms with Crippen molar-refractivity contribution in [3.05, 3.63) is 35.4 Å². The summed E-state index contributed by atoms with van der Waals surface area (Å²) >= 11 is 0. The van der Waals surface area contributed by atoms with E-state index in [1.54, 1.807) is 11.1 Å². The first kappa shape index (κ1) is 12.2. The van der Waals surface area contributed by atoms with Gasteiger partial charge in [0.05, 0.1) is 0 Å². The molecule has 98 valence electrons. The number of rotatable bonds is 4. The maximum absolute atomic E-state index is 3.51. The molecule has 0 saturated heterocycles. The fraction of sp³-hybridized carbons (Fsp3) is 0.625. The molecule has 2 aliphatic rings. The summed E-state index contributed by atoms with van der Waals surface area (Å²) in [5.41, 5.74) is 3.12. The zero-order valence-corrected chi connectivity index (χ0v) is 11.4. The summed E-state index contributed by atoms with van der Waals surface area (Å²) in [5, 5.41) is 3.51. The Hall–Kier alpha value is -0.860. The highest BCUT2D eigenvalue weighted by molar-refractivity contribution is 5.29. The Morgan fingerprint density at radius 1 is 1.22 bits per heavy atom. The summed E-state index contributed by atoms with van der Waals surface area (Å²) in [6.07, 6.45) is 4.05. The summed E-state index contributed by atoms with van der Waals surface area (Å²) in [4.78, 5) is 2.72. The van der Waals surface area contributed by atoms with E-state index in [0.717, 1.165) is 18.5 Å². The van der Waals surface area contributed by atoms with Crippen LogP contribution in [0.2, 0.25) is 0 Å². The van der Waals surface area contributed by atoms with Gasteiger partial charge >= 0.3 is 0 Å². The Bertz CT molecular complexity index is 402. The number of nitrogens with one attached hydrogen (secondary N) is 1. The van der Waals surface area contributed by atoms with Crippen LogP contribution in [0.5, 0.6) is 0 Å². The average Bonchev–Trinajstić information content (AvgIpc) is 2.38. The molecule has 0 aromatic heterocycles. The van der Waals surface area contributed by atoms with Gasteiger partial charge < -0.3 is 5.32 Å². The van der Waals surface area contributed by atoms with E-state index < -0.39 is 0 Å². The van der Waals surface area contributed by atoms with E-state index in [0.29, 0.717) is 0 Å². The van der Waals surface area contributed by atoms with E-state index in [4.69, 9.17) is 0 Å². The van der Waals surface area contributed by atoms with E-state index in [-0.39, 0.29) is 0 Å². The summed E-state index contributed by atoms with van der Waals surface area (Å²) in [6.45, 7) is 6.93. The van der Waals surface area contributed by atoms with Gasteiger partial charge in [-0.05, 0) is 49.4 Å². The molecule has 1 aliphatic carbocycles. The second-order valence-electron chi connectivity index (χ2n) is 5.70. The quantitative estimate of drug-likeness (QED) is 0.875. The highest BCUT2D eigenvalue weighted by Gasteiger charge is 2.36. The third-order valence-electron chi connectivity index (χ3n) is 4.66. The molecular weight excluding hydrogens is 220 g/mol. The van der Waals surface area contributed by atoms with Gasteiger partial charge in [-0.25, -0.2) is 0 Å². The van der Waals surface area contributed by atoms with E-state index >= 15 is 0 Å². The van der Waals surface area contributed by atoms with Crippen molar-refractivity contribution in [1.82, 2.24) is 10.2 Å². The first-order chi connectivity index (χ1) is 8.88. The van der Waals surface area contributed by atoms with Crippen LogP contribution in [0, 0.1) is 5.92 Å². The van der Waals surface area contributed by atoms with Crippen LogP contribution in [0.3, 0.4) is 0 Å². The summed E-state index contributed by atoms with van der Waals surface area (Å²) < 4.78 is 0. The summed E-state index contributed by atoms with van der Waals surface area (Å²) in [5.74, 6) is 0.884. The molecule has 0 radical (unpaired) electrons. The van der Waals surface area contributed by atoms with Crippen LogP contribution in [-0.2, 0) is 13.0 Å². The highest BCUT2D eigenvalue weighted by atomic mass is 15.2. The van der Waals surface area contributed by atoms with Crippen LogP contribution < -0.4 is 5.32 Å². The SMILES string of the molecule is CCNCC1CCC1N1CCc2ccccc2C1. The molecule has 1 N–H and O–H groups in total. The molecule has 3 rings (SSSR count). The molecule has 1 aromatic carbocycles. The van der Waals surface area contributed by atoms with Gasteiger partial charge in [0.15, 0.2) is 0 Å². The molecule has 0 spiro atoms. The number of hydrogen-bond acceptors (Lipinski definition) is 2. The number of fused-ring (bicyclic) bond motifs is 1. The van der Waals surface area contributed by atoms with Gasteiger partial charge in [0.25, 0.3) is 0 Å². The molecule has 0 amide bonds. The van der Waals surface area contributed by atoms with Crippen LogP contribution in [0.15, 0.2) is 24.3 Å². The molecule has 1 aliphatic heterocycles. The van der Waals surface area contributed by atoms with E-state index in [2.05, 4.69) is 41.4 Å². The predicted molar refractivity (Wildman–Crippen MR) is 75.6 cm³/mol. The fourth-order valence-corrected chi connectivity index (χ4v) is 3.40. The third kappa shape index (κ3) is 2.32. The molecule has 2 unspecified atom stereocenters. The van der Waals surface area contributed by atoms with E-state index in [1.165, 1.54) is 38.9 Å². The van der Waals surface area contributed by atoms with Crippen LogP contribution in [0.1, 0.15) is 30.9 Å². The molecule has 2 atom stereocenters. The lowest BCUT2D eigenvalue weighted by Gasteiger charge is -2.46. The summed E-state index contributed by atoms with van der Waals surface area (Å²) in [7, 11) is 0. The molecule has 0 bridgehead atoms. The largest absolute Gasteiger partial charge is 0.317 e. The normalized spacial score (nSPS) is 27.6. The van der Waals surface area contributed by atoms with Gasteiger partial charge in [0.2, 0.25) is 0 Å². The van der Waals surface area contributed by atoms with E-state index in [9.17, 15) is 0 Å². The lowest BCUT2D eigenvalue weighted by molar-refractivity contribution is 0.0514. The van der Waals surface area contributed by atoms with Crippen molar-refractivity contribution >= 4 is 0 Å². The fourth-order valence-electron chi connectivity index (χ4n) is 3.40. The highest BCUT2D eigenvalue weighted by Crippen LogP contribution is 2.34. The predicted octanol–water partition coefficient (Wildman–Crippen LogP) is 2.43. The third-order valence-corrected chi connectivity index (χ3v) is 4.66. The van der Waals surface area contributed by atoms with Gasteiger partial charge in [-0.2, -0.15) is 0 Å². The van der Waals surface area contributed by atoms with Crippen LogP contribution in [-0.4, -0.2) is 30.6 Å².